The van der Waals surface area contributed by atoms with Crippen molar-refractivity contribution in [3.8, 4) is 11.1 Å². The van der Waals surface area contributed by atoms with Crippen LogP contribution in [0.4, 0.5) is 0 Å². The zero-order chi connectivity index (χ0) is 14.4. The van der Waals surface area contributed by atoms with Crippen molar-refractivity contribution in [2.45, 2.75) is 27.2 Å². The van der Waals surface area contributed by atoms with Crippen molar-refractivity contribution in [2.24, 2.45) is 0 Å². The van der Waals surface area contributed by atoms with Crippen molar-refractivity contribution in [1.29, 1.82) is 0 Å². The zero-order valence-electron chi connectivity index (χ0n) is 12.3. The van der Waals surface area contributed by atoms with Gasteiger partial charge in [-0.25, -0.2) is 9.97 Å². The molecule has 3 rings (SSSR count). The van der Waals surface area contributed by atoms with Crippen molar-refractivity contribution >= 4 is 10.9 Å². The van der Waals surface area contributed by atoms with Crippen molar-refractivity contribution in [3.63, 3.8) is 0 Å². The monoisotopic (exact) mass is 264 g/mol. The van der Waals surface area contributed by atoms with Gasteiger partial charge in [-0.1, -0.05) is 57.2 Å². The highest BCUT2D eigenvalue weighted by molar-refractivity contribution is 5.83. The van der Waals surface area contributed by atoms with E-state index in [-0.39, 0.29) is 0 Å². The van der Waals surface area contributed by atoms with Crippen LogP contribution in [0.25, 0.3) is 22.0 Å². The number of nitrogens with zero attached hydrogens (tertiary/aromatic N) is 2. The molecule has 0 unspecified atom stereocenters. The maximum absolute atomic E-state index is 4.52. The fraction of sp³-hybridized carbons (Fsp3) is 0.222. The molecule has 2 nitrogen and oxygen atoms in total. The molecule has 0 radical (unpaired) electrons. The van der Waals surface area contributed by atoms with Crippen LogP contribution < -0.4 is 0 Å². The van der Waals surface area contributed by atoms with Crippen molar-refractivity contribution < 1.29 is 0 Å². The minimum absolute atomic E-state index is 0.871. The van der Waals surface area contributed by atoms with Crippen LogP contribution >= 0.6 is 0 Å². The first-order valence-corrected chi connectivity index (χ1v) is 7.18. The van der Waals surface area contributed by atoms with Crippen molar-refractivity contribution in [3.05, 3.63) is 60.6 Å². The molecule has 0 fully saturated rings. The summed E-state index contributed by atoms with van der Waals surface area (Å²) in [6.07, 6.45) is 2.78. The highest BCUT2D eigenvalue weighted by atomic mass is 14.9. The van der Waals surface area contributed by atoms with Gasteiger partial charge < -0.3 is 0 Å². The fourth-order valence-electron chi connectivity index (χ4n) is 2.05. The van der Waals surface area contributed by atoms with Crippen LogP contribution in [0.3, 0.4) is 0 Å². The lowest BCUT2D eigenvalue weighted by molar-refractivity contribution is 0.961. The third-order valence-electron chi connectivity index (χ3n) is 3.05. The summed E-state index contributed by atoms with van der Waals surface area (Å²) in [5.74, 6) is 0.898. The largest absolute Gasteiger partial charge is 0.241 e. The smallest absolute Gasteiger partial charge is 0.128 e. The number of fused-ring (bicyclic) bond motifs is 1. The van der Waals surface area contributed by atoms with Gasteiger partial charge >= 0.3 is 0 Å². The highest BCUT2D eigenvalue weighted by Crippen LogP contribution is 2.23. The summed E-state index contributed by atoms with van der Waals surface area (Å²) in [5.41, 5.74) is 3.44. The lowest BCUT2D eigenvalue weighted by Crippen LogP contribution is -1.92. The van der Waals surface area contributed by atoms with E-state index in [1.54, 1.807) is 0 Å². The summed E-state index contributed by atoms with van der Waals surface area (Å²) in [6, 6.07) is 16.7. The number of benzene rings is 2. The fourth-order valence-corrected chi connectivity index (χ4v) is 2.05. The summed E-state index contributed by atoms with van der Waals surface area (Å²) in [5, 5.41) is 1.09. The van der Waals surface area contributed by atoms with Gasteiger partial charge in [-0.15, -0.1) is 0 Å². The van der Waals surface area contributed by atoms with Gasteiger partial charge in [0.25, 0.3) is 0 Å². The lowest BCUT2D eigenvalue weighted by Gasteiger charge is -2.04. The van der Waals surface area contributed by atoms with Crippen LogP contribution in [0.15, 0.2) is 54.7 Å². The SMILES string of the molecule is CC.CCc1ncc2cc(-c3ccccc3)ccc2n1. The van der Waals surface area contributed by atoms with E-state index >= 15 is 0 Å². The second kappa shape index (κ2) is 6.80. The van der Waals surface area contributed by atoms with Crippen LogP contribution in [0.1, 0.15) is 26.6 Å². The highest BCUT2D eigenvalue weighted by Gasteiger charge is 2.01. The van der Waals surface area contributed by atoms with Crippen molar-refractivity contribution in [1.82, 2.24) is 9.97 Å². The Balaban J connectivity index is 0.000000704. The molecule has 2 aromatic carbocycles. The standard InChI is InChI=1S/C16H14N2.C2H6/c1-2-16-17-11-14-10-13(8-9-15(14)18-16)12-6-4-3-5-7-12;1-2/h3-11H,2H2,1H3;1-2H3. The predicted octanol–water partition coefficient (Wildman–Crippen LogP) is 4.89. The molecule has 0 saturated carbocycles. The van der Waals surface area contributed by atoms with Crippen LogP contribution in [-0.2, 0) is 6.42 Å². The van der Waals surface area contributed by atoms with Gasteiger partial charge in [0.2, 0.25) is 0 Å². The van der Waals surface area contributed by atoms with Gasteiger partial charge in [0.1, 0.15) is 5.82 Å². The van der Waals surface area contributed by atoms with Gasteiger partial charge in [0, 0.05) is 18.0 Å². The molecule has 0 aliphatic heterocycles. The van der Waals surface area contributed by atoms with E-state index < -0.39 is 0 Å². The molecule has 0 N–H and O–H groups in total. The Bertz CT molecular complexity index is 675. The number of rotatable bonds is 2. The molecule has 1 heterocycles. The van der Waals surface area contributed by atoms with Gasteiger partial charge in [-0.3, -0.25) is 0 Å². The second-order valence-corrected chi connectivity index (χ2v) is 4.28. The molecule has 2 heteroatoms. The van der Waals surface area contributed by atoms with E-state index in [1.807, 2.05) is 26.1 Å². The molecule has 1 aromatic heterocycles. The Labute approximate surface area is 120 Å². The van der Waals surface area contributed by atoms with E-state index in [2.05, 4.69) is 59.4 Å². The molecular weight excluding hydrogens is 244 g/mol. The quantitative estimate of drug-likeness (QED) is 0.659. The van der Waals surface area contributed by atoms with Crippen molar-refractivity contribution in [2.75, 3.05) is 0 Å². The van der Waals surface area contributed by atoms with Gasteiger partial charge in [0.15, 0.2) is 0 Å². The number of hydrogen-bond donors (Lipinski definition) is 0. The Hall–Kier alpha value is -2.22. The summed E-state index contributed by atoms with van der Waals surface area (Å²) >= 11 is 0. The number of hydrogen-bond acceptors (Lipinski definition) is 2. The van der Waals surface area contributed by atoms with E-state index in [0.717, 1.165) is 23.1 Å². The third kappa shape index (κ3) is 3.02. The maximum Gasteiger partial charge on any atom is 0.128 e. The first kappa shape index (κ1) is 14.2. The first-order valence-electron chi connectivity index (χ1n) is 7.18. The predicted molar refractivity (Wildman–Crippen MR) is 85.7 cm³/mol. The third-order valence-corrected chi connectivity index (χ3v) is 3.05. The van der Waals surface area contributed by atoms with E-state index in [0.29, 0.717) is 0 Å². The maximum atomic E-state index is 4.52. The molecule has 20 heavy (non-hydrogen) atoms. The second-order valence-electron chi connectivity index (χ2n) is 4.28. The zero-order valence-corrected chi connectivity index (χ0v) is 12.3. The molecule has 0 aliphatic rings. The topological polar surface area (TPSA) is 25.8 Å². The summed E-state index contributed by atoms with van der Waals surface area (Å²) < 4.78 is 0. The Morgan fingerprint density at radius 2 is 1.65 bits per heavy atom. The average molecular weight is 264 g/mol. The van der Waals surface area contributed by atoms with E-state index in [4.69, 9.17) is 0 Å². The Morgan fingerprint density at radius 3 is 2.35 bits per heavy atom. The number of aryl methyl sites for hydroxylation is 1. The molecule has 0 spiro atoms. The van der Waals surface area contributed by atoms with E-state index in [1.165, 1.54) is 11.1 Å². The van der Waals surface area contributed by atoms with Gasteiger partial charge in [-0.2, -0.15) is 0 Å². The average Bonchev–Trinajstić information content (AvgIpc) is 2.56. The summed E-state index contributed by atoms with van der Waals surface area (Å²) in [6.45, 7) is 6.07. The summed E-state index contributed by atoms with van der Waals surface area (Å²) in [7, 11) is 0. The van der Waals surface area contributed by atoms with Crippen LogP contribution in [0.5, 0.6) is 0 Å². The lowest BCUT2D eigenvalue weighted by atomic mass is 10.0. The molecule has 0 saturated heterocycles. The van der Waals surface area contributed by atoms with Gasteiger partial charge in [-0.05, 0) is 23.3 Å². The minimum Gasteiger partial charge on any atom is -0.241 e. The molecule has 102 valence electrons. The molecule has 0 atom stereocenters. The van der Waals surface area contributed by atoms with Crippen LogP contribution in [0.2, 0.25) is 0 Å². The molecule has 0 aliphatic carbocycles. The van der Waals surface area contributed by atoms with Crippen LogP contribution in [-0.4, -0.2) is 9.97 Å². The molecule has 0 bridgehead atoms. The normalized spacial score (nSPS) is 9.95. The first-order chi connectivity index (χ1) is 9.86. The Morgan fingerprint density at radius 1 is 0.900 bits per heavy atom. The van der Waals surface area contributed by atoms with Crippen LogP contribution in [0, 0.1) is 0 Å². The number of aromatic nitrogens is 2. The van der Waals surface area contributed by atoms with E-state index in [9.17, 15) is 0 Å². The van der Waals surface area contributed by atoms with Gasteiger partial charge in [0.05, 0.1) is 5.52 Å². The Kier molecular flexibility index (Phi) is 4.83. The minimum atomic E-state index is 0.871. The molecular formula is C18H20N2. The summed E-state index contributed by atoms with van der Waals surface area (Å²) in [4.78, 5) is 8.87. The molecule has 0 amide bonds. The molecule has 3 aromatic rings.